The lowest BCUT2D eigenvalue weighted by Crippen LogP contribution is -2.28. The highest BCUT2D eigenvalue weighted by molar-refractivity contribution is 9.10. The molecular formula is C26H28BrClN2O6. The average molecular weight is 580 g/mol. The molecule has 192 valence electrons. The number of benzene rings is 2. The third kappa shape index (κ3) is 7.30. The van der Waals surface area contributed by atoms with Gasteiger partial charge in [-0.15, -0.1) is 0 Å². The Morgan fingerprint density at radius 2 is 1.86 bits per heavy atom. The van der Waals surface area contributed by atoms with Crippen LogP contribution in [0.3, 0.4) is 0 Å². The van der Waals surface area contributed by atoms with Crippen LogP contribution in [0.2, 0.25) is 5.02 Å². The van der Waals surface area contributed by atoms with Gasteiger partial charge in [0.2, 0.25) is 5.91 Å². The van der Waals surface area contributed by atoms with Crippen LogP contribution in [0, 0.1) is 12.8 Å². The summed E-state index contributed by atoms with van der Waals surface area (Å²) in [7, 11) is 0. The molecule has 1 N–H and O–H groups in total. The van der Waals surface area contributed by atoms with Crippen LogP contribution in [0.4, 0.5) is 11.4 Å². The first kappa shape index (κ1) is 27.7. The number of halogens is 2. The van der Waals surface area contributed by atoms with E-state index in [1.807, 2.05) is 6.92 Å². The highest BCUT2D eigenvalue weighted by atomic mass is 79.9. The van der Waals surface area contributed by atoms with Crippen molar-refractivity contribution in [1.82, 2.24) is 0 Å². The zero-order chi connectivity index (χ0) is 26.2. The molecule has 0 unspecified atom stereocenters. The van der Waals surface area contributed by atoms with Gasteiger partial charge in [-0.2, -0.15) is 0 Å². The standard InChI is InChI=1S/C26H28BrClN2O6/c1-3-4-5-10-35-25(33)17-6-8-19(9-7-17)30-14-18(12-24(30)32)26(34)36-15-23(31)29-22-13-21(28)20(27)11-16(22)2/h6-9,11,13,18H,3-5,10,12,14-15H2,1-2H3,(H,29,31)/t18-/m0/s1. The fourth-order valence-corrected chi connectivity index (χ4v) is 4.34. The van der Waals surface area contributed by atoms with Crippen molar-refractivity contribution in [2.75, 3.05) is 30.0 Å². The Kier molecular flexibility index (Phi) is 9.89. The fourth-order valence-electron chi connectivity index (χ4n) is 3.71. The Morgan fingerprint density at radius 3 is 2.56 bits per heavy atom. The first-order valence-electron chi connectivity index (χ1n) is 11.7. The Balaban J connectivity index is 1.50. The van der Waals surface area contributed by atoms with Crippen molar-refractivity contribution >= 4 is 62.7 Å². The molecule has 1 saturated heterocycles. The van der Waals surface area contributed by atoms with Crippen molar-refractivity contribution in [1.29, 1.82) is 0 Å². The number of hydrogen-bond donors (Lipinski definition) is 1. The Morgan fingerprint density at radius 1 is 1.14 bits per heavy atom. The Labute approximate surface area is 223 Å². The number of anilines is 2. The van der Waals surface area contributed by atoms with Crippen LogP contribution in [-0.4, -0.2) is 43.5 Å². The summed E-state index contributed by atoms with van der Waals surface area (Å²) >= 11 is 9.39. The minimum atomic E-state index is -0.697. The lowest BCUT2D eigenvalue weighted by atomic mass is 10.1. The fraction of sp³-hybridized carbons (Fsp3) is 0.385. The van der Waals surface area contributed by atoms with Crippen molar-refractivity contribution in [3.8, 4) is 0 Å². The molecule has 3 rings (SSSR count). The van der Waals surface area contributed by atoms with Gasteiger partial charge in [0.15, 0.2) is 6.61 Å². The molecule has 0 aromatic heterocycles. The molecule has 10 heteroatoms. The first-order valence-corrected chi connectivity index (χ1v) is 12.9. The summed E-state index contributed by atoms with van der Waals surface area (Å²) in [6, 6.07) is 9.85. The lowest BCUT2D eigenvalue weighted by molar-refractivity contribution is -0.151. The molecule has 0 aliphatic carbocycles. The van der Waals surface area contributed by atoms with E-state index in [9.17, 15) is 19.2 Å². The second kappa shape index (κ2) is 12.9. The Bertz CT molecular complexity index is 1140. The van der Waals surface area contributed by atoms with Crippen LogP contribution < -0.4 is 10.2 Å². The summed E-state index contributed by atoms with van der Waals surface area (Å²) < 4.78 is 11.1. The highest BCUT2D eigenvalue weighted by Gasteiger charge is 2.36. The van der Waals surface area contributed by atoms with E-state index in [4.69, 9.17) is 21.1 Å². The number of carbonyl (C=O) groups is 4. The zero-order valence-corrected chi connectivity index (χ0v) is 22.5. The normalized spacial score (nSPS) is 15.1. The largest absolute Gasteiger partial charge is 0.462 e. The van der Waals surface area contributed by atoms with Crippen molar-refractivity contribution in [2.45, 2.75) is 39.5 Å². The van der Waals surface area contributed by atoms with Crippen LogP contribution in [0.1, 0.15) is 48.5 Å². The van der Waals surface area contributed by atoms with Gasteiger partial charge in [-0.1, -0.05) is 31.4 Å². The quantitative estimate of drug-likeness (QED) is 0.303. The molecule has 2 aromatic rings. The molecule has 2 amide bonds. The number of ether oxygens (including phenoxy) is 2. The summed E-state index contributed by atoms with van der Waals surface area (Å²) in [5.74, 6) is -2.48. The third-order valence-electron chi connectivity index (χ3n) is 5.74. The van der Waals surface area contributed by atoms with Gasteiger partial charge in [-0.3, -0.25) is 14.4 Å². The Hall–Kier alpha value is -2.91. The molecule has 1 atom stereocenters. The van der Waals surface area contributed by atoms with Crippen molar-refractivity contribution in [3.05, 3.63) is 57.0 Å². The molecule has 1 aliphatic rings. The molecule has 2 aromatic carbocycles. The van der Waals surface area contributed by atoms with Crippen LogP contribution in [-0.2, 0) is 23.9 Å². The maximum Gasteiger partial charge on any atom is 0.338 e. The SMILES string of the molecule is CCCCCOC(=O)c1ccc(N2C[C@@H](C(=O)OCC(=O)Nc3cc(Cl)c(Br)cc3C)CC2=O)cc1. The predicted octanol–water partition coefficient (Wildman–Crippen LogP) is 5.29. The van der Waals surface area contributed by atoms with Gasteiger partial charge in [0, 0.05) is 28.8 Å². The molecule has 8 nitrogen and oxygen atoms in total. The van der Waals surface area contributed by atoms with E-state index in [1.54, 1.807) is 36.4 Å². The smallest absolute Gasteiger partial charge is 0.338 e. The first-order chi connectivity index (χ1) is 17.2. The van der Waals surface area contributed by atoms with E-state index in [0.717, 1.165) is 24.8 Å². The van der Waals surface area contributed by atoms with Crippen molar-refractivity contribution in [3.63, 3.8) is 0 Å². The minimum Gasteiger partial charge on any atom is -0.462 e. The van der Waals surface area contributed by atoms with E-state index >= 15 is 0 Å². The van der Waals surface area contributed by atoms with Gasteiger partial charge in [0.25, 0.3) is 5.91 Å². The number of hydrogen-bond acceptors (Lipinski definition) is 6. The number of unbranched alkanes of at least 4 members (excludes halogenated alkanes) is 2. The molecule has 1 heterocycles. The molecular weight excluding hydrogens is 552 g/mol. The van der Waals surface area contributed by atoms with E-state index in [1.165, 1.54) is 4.90 Å². The summed E-state index contributed by atoms with van der Waals surface area (Å²) in [6.45, 7) is 3.90. The summed E-state index contributed by atoms with van der Waals surface area (Å²) in [5.41, 5.74) is 2.27. The highest BCUT2D eigenvalue weighted by Crippen LogP contribution is 2.29. The predicted molar refractivity (Wildman–Crippen MR) is 140 cm³/mol. The van der Waals surface area contributed by atoms with Crippen molar-refractivity contribution in [2.24, 2.45) is 5.92 Å². The van der Waals surface area contributed by atoms with Crippen LogP contribution in [0.5, 0.6) is 0 Å². The number of amides is 2. The molecule has 0 bridgehead atoms. The number of rotatable bonds is 10. The van der Waals surface area contributed by atoms with Crippen LogP contribution in [0.15, 0.2) is 40.9 Å². The minimum absolute atomic E-state index is 0.0247. The average Bonchev–Trinajstić information content (AvgIpc) is 3.25. The molecule has 1 fully saturated rings. The van der Waals surface area contributed by atoms with E-state index in [2.05, 4.69) is 28.2 Å². The molecule has 0 saturated carbocycles. The van der Waals surface area contributed by atoms with Gasteiger partial charge >= 0.3 is 11.9 Å². The summed E-state index contributed by atoms with van der Waals surface area (Å²) in [4.78, 5) is 50.9. The van der Waals surface area contributed by atoms with Gasteiger partial charge in [0.05, 0.1) is 23.1 Å². The van der Waals surface area contributed by atoms with Gasteiger partial charge in [-0.25, -0.2) is 4.79 Å². The summed E-state index contributed by atoms with van der Waals surface area (Å²) in [6.07, 6.45) is 2.83. The van der Waals surface area contributed by atoms with Crippen molar-refractivity contribution < 1.29 is 28.7 Å². The summed E-state index contributed by atoms with van der Waals surface area (Å²) in [5, 5.41) is 3.10. The van der Waals surface area contributed by atoms with E-state index in [-0.39, 0.29) is 18.9 Å². The van der Waals surface area contributed by atoms with E-state index in [0.29, 0.717) is 33.0 Å². The second-order valence-corrected chi connectivity index (χ2v) is 9.79. The van der Waals surface area contributed by atoms with E-state index < -0.39 is 30.4 Å². The number of carbonyl (C=O) groups excluding carboxylic acids is 4. The lowest BCUT2D eigenvalue weighted by Gasteiger charge is -2.17. The molecule has 36 heavy (non-hydrogen) atoms. The zero-order valence-electron chi connectivity index (χ0n) is 20.1. The van der Waals surface area contributed by atoms with Gasteiger partial charge in [-0.05, 0) is 71.2 Å². The monoisotopic (exact) mass is 578 g/mol. The topological polar surface area (TPSA) is 102 Å². The van der Waals surface area contributed by atoms with Gasteiger partial charge < -0.3 is 19.7 Å². The maximum atomic E-state index is 12.5. The molecule has 0 spiro atoms. The second-order valence-electron chi connectivity index (χ2n) is 8.53. The third-order valence-corrected chi connectivity index (χ3v) is 6.94. The van der Waals surface area contributed by atoms with Gasteiger partial charge in [0.1, 0.15) is 0 Å². The molecule has 0 radical (unpaired) electrons. The van der Waals surface area contributed by atoms with Crippen LogP contribution >= 0.6 is 27.5 Å². The number of nitrogens with one attached hydrogen (secondary N) is 1. The molecule has 1 aliphatic heterocycles. The van der Waals surface area contributed by atoms with Crippen LogP contribution in [0.25, 0.3) is 0 Å². The number of nitrogens with zero attached hydrogens (tertiary/aromatic N) is 1. The number of esters is 2. The maximum absolute atomic E-state index is 12.5. The number of aryl methyl sites for hydroxylation is 1.